The van der Waals surface area contributed by atoms with Crippen LogP contribution in [-0.2, 0) is 26.1 Å². The van der Waals surface area contributed by atoms with Gasteiger partial charge in [0.15, 0.2) is 0 Å². The van der Waals surface area contributed by atoms with Crippen molar-refractivity contribution in [1.29, 1.82) is 0 Å². The van der Waals surface area contributed by atoms with Crippen LogP contribution in [0.5, 0.6) is 0 Å². The van der Waals surface area contributed by atoms with E-state index < -0.39 is 15.9 Å². The Morgan fingerprint density at radius 1 is 1.14 bits per heavy atom. The zero-order chi connectivity index (χ0) is 20.9. The number of hydrogen-bond acceptors (Lipinski definition) is 6. The van der Waals surface area contributed by atoms with Crippen LogP contribution in [0.3, 0.4) is 0 Å². The number of hydrogen-bond donors (Lipinski definition) is 2. The molecule has 0 aliphatic carbocycles. The van der Waals surface area contributed by atoms with Crippen LogP contribution in [-0.4, -0.2) is 57.4 Å². The van der Waals surface area contributed by atoms with Crippen molar-refractivity contribution >= 4 is 21.8 Å². The van der Waals surface area contributed by atoms with Crippen LogP contribution in [0.2, 0.25) is 0 Å². The minimum absolute atomic E-state index is 0.0393. The molecule has 1 aromatic heterocycles. The molecule has 0 saturated carbocycles. The van der Waals surface area contributed by atoms with Gasteiger partial charge in [0.05, 0.1) is 37.5 Å². The lowest BCUT2D eigenvalue weighted by Crippen LogP contribution is -2.40. The highest BCUT2D eigenvalue weighted by Crippen LogP contribution is 2.20. The highest BCUT2D eigenvalue weighted by Gasteiger charge is 2.27. The number of ether oxygens (including phenoxy) is 1. The van der Waals surface area contributed by atoms with Gasteiger partial charge in [0.25, 0.3) is 5.91 Å². The molecule has 9 nitrogen and oxygen atoms in total. The van der Waals surface area contributed by atoms with Gasteiger partial charge in [0, 0.05) is 18.7 Å². The molecule has 0 atom stereocenters. The third-order valence-corrected chi connectivity index (χ3v) is 6.41. The van der Waals surface area contributed by atoms with Gasteiger partial charge in [0.1, 0.15) is 5.76 Å². The Kier molecular flexibility index (Phi) is 6.68. The van der Waals surface area contributed by atoms with Gasteiger partial charge in [-0.3, -0.25) is 9.59 Å². The zero-order valence-electron chi connectivity index (χ0n) is 16.0. The summed E-state index contributed by atoms with van der Waals surface area (Å²) in [6.07, 6.45) is 1.50. The van der Waals surface area contributed by atoms with Gasteiger partial charge in [-0.1, -0.05) is 6.07 Å². The number of morpholine rings is 1. The summed E-state index contributed by atoms with van der Waals surface area (Å²) in [7, 11) is -3.72. The van der Waals surface area contributed by atoms with Crippen LogP contribution in [0.4, 0.5) is 0 Å². The molecular formula is C19H23N3O6S. The molecule has 1 aliphatic rings. The summed E-state index contributed by atoms with van der Waals surface area (Å²) < 4.78 is 37.3. The van der Waals surface area contributed by atoms with Gasteiger partial charge in [-0.25, -0.2) is 8.42 Å². The maximum absolute atomic E-state index is 12.8. The van der Waals surface area contributed by atoms with Crippen molar-refractivity contribution in [3.8, 4) is 0 Å². The van der Waals surface area contributed by atoms with Crippen molar-refractivity contribution in [3.05, 3.63) is 53.5 Å². The number of sulfonamides is 1. The van der Waals surface area contributed by atoms with E-state index in [9.17, 15) is 18.0 Å². The van der Waals surface area contributed by atoms with E-state index in [4.69, 9.17) is 9.15 Å². The normalized spacial score (nSPS) is 15.1. The highest BCUT2D eigenvalue weighted by atomic mass is 32.2. The van der Waals surface area contributed by atoms with Crippen molar-refractivity contribution < 1.29 is 27.2 Å². The number of furan rings is 1. The van der Waals surface area contributed by atoms with E-state index in [1.807, 2.05) is 0 Å². The lowest BCUT2D eigenvalue weighted by atomic mass is 10.1. The smallest absolute Gasteiger partial charge is 0.252 e. The first kappa shape index (κ1) is 21.0. The quantitative estimate of drug-likeness (QED) is 0.678. The van der Waals surface area contributed by atoms with Crippen molar-refractivity contribution in [2.24, 2.45) is 0 Å². The molecule has 0 unspecified atom stereocenters. The molecular weight excluding hydrogens is 398 g/mol. The molecule has 2 aromatic rings. The molecule has 2 heterocycles. The van der Waals surface area contributed by atoms with Crippen LogP contribution >= 0.6 is 0 Å². The Bertz CT molecular complexity index is 966. The number of benzene rings is 1. The summed E-state index contributed by atoms with van der Waals surface area (Å²) in [5.41, 5.74) is 0.817. The van der Waals surface area contributed by atoms with Gasteiger partial charge in [-0.15, -0.1) is 0 Å². The summed E-state index contributed by atoms with van der Waals surface area (Å²) in [5.74, 6) is -0.305. The average molecular weight is 421 g/mol. The van der Waals surface area contributed by atoms with Gasteiger partial charge >= 0.3 is 0 Å². The summed E-state index contributed by atoms with van der Waals surface area (Å²) in [6.45, 7) is 2.91. The lowest BCUT2D eigenvalue weighted by molar-refractivity contribution is -0.120. The summed E-state index contributed by atoms with van der Waals surface area (Å²) in [4.78, 5) is 24.5. The van der Waals surface area contributed by atoms with Crippen molar-refractivity contribution in [1.82, 2.24) is 14.9 Å². The summed E-state index contributed by atoms with van der Waals surface area (Å²) in [5, 5.41) is 5.14. The standard InChI is InChI=1S/C19H23N3O6S/c1-14-4-5-16(29(25,26)22-6-9-27-10-7-22)11-17(14)19(24)21-13-18(23)20-12-15-3-2-8-28-15/h2-5,8,11H,6-7,9-10,12-13H2,1H3,(H,20,23)(H,21,24). The number of carbonyl (C=O) groups is 2. The average Bonchev–Trinajstić information content (AvgIpc) is 3.25. The van der Waals surface area contributed by atoms with Gasteiger partial charge in [-0.05, 0) is 36.8 Å². The van der Waals surface area contributed by atoms with Crippen LogP contribution < -0.4 is 10.6 Å². The lowest BCUT2D eigenvalue weighted by Gasteiger charge is -2.26. The molecule has 1 aromatic carbocycles. The Balaban J connectivity index is 1.64. The van der Waals surface area contributed by atoms with E-state index >= 15 is 0 Å². The SMILES string of the molecule is Cc1ccc(S(=O)(=O)N2CCOCC2)cc1C(=O)NCC(=O)NCc1ccco1. The highest BCUT2D eigenvalue weighted by molar-refractivity contribution is 7.89. The first-order valence-electron chi connectivity index (χ1n) is 9.14. The third kappa shape index (κ3) is 5.22. The van der Waals surface area contributed by atoms with Crippen LogP contribution in [0.15, 0.2) is 45.9 Å². The topological polar surface area (TPSA) is 118 Å². The number of nitrogens with one attached hydrogen (secondary N) is 2. The Morgan fingerprint density at radius 3 is 2.59 bits per heavy atom. The van der Waals surface area contributed by atoms with E-state index in [0.29, 0.717) is 24.5 Å². The molecule has 0 bridgehead atoms. The fourth-order valence-corrected chi connectivity index (χ4v) is 4.29. The molecule has 156 valence electrons. The van der Waals surface area contributed by atoms with E-state index in [-0.39, 0.29) is 42.5 Å². The van der Waals surface area contributed by atoms with Crippen molar-refractivity contribution in [2.75, 3.05) is 32.8 Å². The van der Waals surface area contributed by atoms with Crippen molar-refractivity contribution in [3.63, 3.8) is 0 Å². The summed E-state index contributed by atoms with van der Waals surface area (Å²) >= 11 is 0. The molecule has 1 aliphatic heterocycles. The second-order valence-corrected chi connectivity index (χ2v) is 8.47. The van der Waals surface area contributed by atoms with E-state index in [1.54, 1.807) is 25.1 Å². The second-order valence-electron chi connectivity index (χ2n) is 6.53. The minimum atomic E-state index is -3.72. The Hall–Kier alpha value is -2.69. The zero-order valence-corrected chi connectivity index (χ0v) is 16.8. The molecule has 0 radical (unpaired) electrons. The summed E-state index contributed by atoms with van der Waals surface area (Å²) in [6, 6.07) is 7.84. The molecule has 2 amide bonds. The van der Waals surface area contributed by atoms with Crippen LogP contribution in [0.1, 0.15) is 21.7 Å². The largest absolute Gasteiger partial charge is 0.467 e. The second kappa shape index (κ2) is 9.21. The molecule has 29 heavy (non-hydrogen) atoms. The molecule has 1 saturated heterocycles. The fraction of sp³-hybridized carbons (Fsp3) is 0.368. The monoisotopic (exact) mass is 421 g/mol. The number of aryl methyl sites for hydroxylation is 1. The number of amides is 2. The maximum Gasteiger partial charge on any atom is 0.252 e. The fourth-order valence-electron chi connectivity index (χ4n) is 2.86. The Morgan fingerprint density at radius 2 is 1.90 bits per heavy atom. The molecule has 10 heteroatoms. The number of nitrogens with zero attached hydrogens (tertiary/aromatic N) is 1. The first-order chi connectivity index (χ1) is 13.9. The predicted molar refractivity (Wildman–Crippen MR) is 104 cm³/mol. The minimum Gasteiger partial charge on any atom is -0.467 e. The Labute approximate surface area is 169 Å². The van der Waals surface area contributed by atoms with E-state index in [0.717, 1.165) is 0 Å². The van der Waals surface area contributed by atoms with Gasteiger partial charge in [-0.2, -0.15) is 4.31 Å². The third-order valence-electron chi connectivity index (χ3n) is 4.51. The molecule has 1 fully saturated rings. The molecule has 2 N–H and O–H groups in total. The number of carbonyl (C=O) groups excluding carboxylic acids is 2. The van der Waals surface area contributed by atoms with Crippen molar-refractivity contribution in [2.45, 2.75) is 18.4 Å². The van der Waals surface area contributed by atoms with Crippen LogP contribution in [0.25, 0.3) is 0 Å². The van der Waals surface area contributed by atoms with E-state index in [2.05, 4.69) is 10.6 Å². The first-order valence-corrected chi connectivity index (χ1v) is 10.6. The number of rotatable bonds is 7. The van der Waals surface area contributed by atoms with Crippen LogP contribution in [0, 0.1) is 6.92 Å². The van der Waals surface area contributed by atoms with Gasteiger partial charge < -0.3 is 19.8 Å². The maximum atomic E-state index is 12.8. The molecule has 0 spiro atoms. The van der Waals surface area contributed by atoms with E-state index in [1.165, 1.54) is 22.7 Å². The molecule has 3 rings (SSSR count). The van der Waals surface area contributed by atoms with Gasteiger partial charge in [0.2, 0.25) is 15.9 Å². The predicted octanol–water partition coefficient (Wildman–Crippen LogP) is 0.655.